The third kappa shape index (κ3) is 4.68. The van der Waals surface area contributed by atoms with E-state index in [1.807, 2.05) is 12.1 Å². The first-order valence-corrected chi connectivity index (χ1v) is 8.25. The summed E-state index contributed by atoms with van der Waals surface area (Å²) in [6, 6.07) is 8.20. The fourth-order valence-electron chi connectivity index (χ4n) is 2.79. The maximum Gasteiger partial charge on any atom is 0.170 e. The molecule has 2 N–H and O–H groups in total. The van der Waals surface area contributed by atoms with Crippen LogP contribution in [0.25, 0.3) is 0 Å². The SMILES string of the molecule is Cc1ccccc1NC(=S)NCC(C)(C)N1CCCCC1. The van der Waals surface area contributed by atoms with Crippen LogP contribution in [-0.4, -0.2) is 35.2 Å². The third-order valence-electron chi connectivity index (χ3n) is 4.29. The summed E-state index contributed by atoms with van der Waals surface area (Å²) in [5.74, 6) is 0. The van der Waals surface area contributed by atoms with Crippen molar-refractivity contribution in [3.8, 4) is 0 Å². The Labute approximate surface area is 134 Å². The molecule has 1 aliphatic rings. The molecule has 2 rings (SSSR count). The van der Waals surface area contributed by atoms with Gasteiger partial charge in [0.2, 0.25) is 0 Å². The molecular formula is C17H27N3S. The van der Waals surface area contributed by atoms with E-state index in [2.05, 4.69) is 48.4 Å². The van der Waals surface area contributed by atoms with Gasteiger partial charge in [-0.1, -0.05) is 24.6 Å². The van der Waals surface area contributed by atoms with Crippen LogP contribution in [0.15, 0.2) is 24.3 Å². The molecule has 1 fully saturated rings. The molecule has 1 saturated heterocycles. The summed E-state index contributed by atoms with van der Waals surface area (Å²) in [5.41, 5.74) is 2.42. The molecule has 0 aromatic heterocycles. The van der Waals surface area contributed by atoms with Gasteiger partial charge in [-0.25, -0.2) is 0 Å². The Morgan fingerprint density at radius 1 is 1.19 bits per heavy atom. The third-order valence-corrected chi connectivity index (χ3v) is 4.53. The molecule has 0 spiro atoms. The fourth-order valence-corrected chi connectivity index (χ4v) is 2.97. The number of hydrogen-bond acceptors (Lipinski definition) is 2. The normalized spacial score (nSPS) is 16.5. The number of piperidine rings is 1. The van der Waals surface area contributed by atoms with Crippen molar-refractivity contribution in [2.45, 2.75) is 45.6 Å². The molecule has 0 bridgehead atoms. The zero-order valence-corrected chi connectivity index (χ0v) is 14.2. The first-order valence-electron chi connectivity index (χ1n) is 7.84. The lowest BCUT2D eigenvalue weighted by atomic mass is 9.98. The minimum absolute atomic E-state index is 0.137. The number of likely N-dealkylation sites (tertiary alicyclic amines) is 1. The Morgan fingerprint density at radius 2 is 1.86 bits per heavy atom. The van der Waals surface area contributed by atoms with Crippen LogP contribution in [0.1, 0.15) is 38.7 Å². The topological polar surface area (TPSA) is 27.3 Å². The van der Waals surface area contributed by atoms with Crippen molar-refractivity contribution in [2.75, 3.05) is 25.0 Å². The van der Waals surface area contributed by atoms with Crippen LogP contribution in [0.3, 0.4) is 0 Å². The molecule has 116 valence electrons. The number of rotatable bonds is 4. The zero-order valence-electron chi connectivity index (χ0n) is 13.4. The summed E-state index contributed by atoms with van der Waals surface area (Å²) in [6.07, 6.45) is 4.00. The predicted octanol–water partition coefficient (Wildman–Crippen LogP) is 3.55. The van der Waals surface area contributed by atoms with Gasteiger partial charge in [0.15, 0.2) is 5.11 Å². The smallest absolute Gasteiger partial charge is 0.170 e. The predicted molar refractivity (Wildman–Crippen MR) is 94.9 cm³/mol. The monoisotopic (exact) mass is 305 g/mol. The summed E-state index contributed by atoms with van der Waals surface area (Å²) >= 11 is 5.42. The average molecular weight is 305 g/mol. The Kier molecular flexibility index (Phi) is 5.59. The van der Waals surface area contributed by atoms with Crippen molar-refractivity contribution in [2.24, 2.45) is 0 Å². The van der Waals surface area contributed by atoms with Crippen LogP contribution in [0.2, 0.25) is 0 Å². The van der Waals surface area contributed by atoms with Gasteiger partial charge in [0, 0.05) is 17.8 Å². The maximum absolute atomic E-state index is 5.42. The Morgan fingerprint density at radius 3 is 2.52 bits per heavy atom. The number of nitrogens with one attached hydrogen (secondary N) is 2. The molecule has 0 radical (unpaired) electrons. The quantitative estimate of drug-likeness (QED) is 0.832. The van der Waals surface area contributed by atoms with E-state index in [0.717, 1.165) is 12.2 Å². The van der Waals surface area contributed by atoms with Crippen LogP contribution in [-0.2, 0) is 0 Å². The first-order chi connectivity index (χ1) is 9.99. The molecule has 0 unspecified atom stereocenters. The molecule has 0 aliphatic carbocycles. The van der Waals surface area contributed by atoms with Gasteiger partial charge < -0.3 is 10.6 Å². The summed E-state index contributed by atoms with van der Waals surface area (Å²) in [4.78, 5) is 2.57. The van der Waals surface area contributed by atoms with E-state index in [-0.39, 0.29) is 5.54 Å². The number of para-hydroxylation sites is 1. The van der Waals surface area contributed by atoms with Crippen molar-refractivity contribution in [3.05, 3.63) is 29.8 Å². The van der Waals surface area contributed by atoms with Crippen LogP contribution in [0, 0.1) is 6.92 Å². The molecule has 1 aromatic carbocycles. The molecule has 0 amide bonds. The summed E-state index contributed by atoms with van der Waals surface area (Å²) in [5, 5.41) is 7.37. The molecular weight excluding hydrogens is 278 g/mol. The second-order valence-corrected chi connectivity index (χ2v) is 6.89. The summed E-state index contributed by atoms with van der Waals surface area (Å²) in [7, 11) is 0. The lowest BCUT2D eigenvalue weighted by Gasteiger charge is -2.41. The van der Waals surface area contributed by atoms with Gasteiger partial charge in [-0.15, -0.1) is 0 Å². The highest BCUT2D eigenvalue weighted by Crippen LogP contribution is 2.20. The van der Waals surface area contributed by atoms with Gasteiger partial charge in [0.25, 0.3) is 0 Å². The fraction of sp³-hybridized carbons (Fsp3) is 0.588. The number of thiocarbonyl (C=S) groups is 1. The van der Waals surface area contributed by atoms with Crippen molar-refractivity contribution >= 4 is 23.0 Å². The second kappa shape index (κ2) is 7.23. The highest BCUT2D eigenvalue weighted by molar-refractivity contribution is 7.80. The van der Waals surface area contributed by atoms with Crippen molar-refractivity contribution in [3.63, 3.8) is 0 Å². The van der Waals surface area contributed by atoms with Gasteiger partial charge in [0.1, 0.15) is 0 Å². The lowest BCUT2D eigenvalue weighted by Crippen LogP contribution is -2.53. The molecule has 0 saturated carbocycles. The number of aryl methyl sites for hydroxylation is 1. The van der Waals surface area contributed by atoms with Crippen LogP contribution < -0.4 is 10.6 Å². The molecule has 0 atom stereocenters. The largest absolute Gasteiger partial charge is 0.361 e. The zero-order chi connectivity index (χ0) is 15.3. The number of nitrogens with zero attached hydrogens (tertiary/aromatic N) is 1. The molecule has 1 aliphatic heterocycles. The van der Waals surface area contributed by atoms with Crippen LogP contribution in [0.4, 0.5) is 5.69 Å². The van der Waals surface area contributed by atoms with Crippen LogP contribution in [0.5, 0.6) is 0 Å². The van der Waals surface area contributed by atoms with Crippen molar-refractivity contribution in [1.29, 1.82) is 0 Å². The standard InChI is InChI=1S/C17H27N3S/c1-14-9-5-6-10-15(14)19-16(21)18-13-17(2,3)20-11-7-4-8-12-20/h5-6,9-10H,4,7-8,11-13H2,1-3H3,(H2,18,19,21). The van der Waals surface area contributed by atoms with Gasteiger partial charge in [-0.3, -0.25) is 4.90 Å². The summed E-state index contributed by atoms with van der Waals surface area (Å²) in [6.45, 7) is 9.94. The van der Waals surface area contributed by atoms with E-state index in [1.165, 1.54) is 37.9 Å². The Hall–Kier alpha value is -1.13. The van der Waals surface area contributed by atoms with E-state index in [0.29, 0.717) is 5.11 Å². The van der Waals surface area contributed by atoms with Gasteiger partial charge in [-0.05, 0) is 70.6 Å². The van der Waals surface area contributed by atoms with E-state index < -0.39 is 0 Å². The van der Waals surface area contributed by atoms with Gasteiger partial charge in [-0.2, -0.15) is 0 Å². The van der Waals surface area contributed by atoms with E-state index >= 15 is 0 Å². The molecule has 1 heterocycles. The highest BCUT2D eigenvalue weighted by Gasteiger charge is 2.27. The number of anilines is 1. The molecule has 4 heteroatoms. The summed E-state index contributed by atoms with van der Waals surface area (Å²) < 4.78 is 0. The van der Waals surface area contributed by atoms with Gasteiger partial charge in [0.05, 0.1) is 0 Å². The van der Waals surface area contributed by atoms with Crippen molar-refractivity contribution in [1.82, 2.24) is 10.2 Å². The maximum atomic E-state index is 5.42. The highest BCUT2D eigenvalue weighted by atomic mass is 32.1. The van der Waals surface area contributed by atoms with E-state index in [4.69, 9.17) is 12.2 Å². The Bertz CT molecular complexity index is 479. The molecule has 21 heavy (non-hydrogen) atoms. The van der Waals surface area contributed by atoms with Crippen LogP contribution >= 0.6 is 12.2 Å². The number of benzene rings is 1. The minimum atomic E-state index is 0.137. The van der Waals surface area contributed by atoms with E-state index in [9.17, 15) is 0 Å². The number of hydrogen-bond donors (Lipinski definition) is 2. The second-order valence-electron chi connectivity index (χ2n) is 6.48. The molecule has 3 nitrogen and oxygen atoms in total. The first kappa shape index (κ1) is 16.2. The van der Waals surface area contributed by atoms with E-state index in [1.54, 1.807) is 0 Å². The minimum Gasteiger partial charge on any atom is -0.361 e. The average Bonchev–Trinajstić information content (AvgIpc) is 2.49. The lowest BCUT2D eigenvalue weighted by molar-refractivity contribution is 0.0986. The van der Waals surface area contributed by atoms with Gasteiger partial charge >= 0.3 is 0 Å². The Balaban J connectivity index is 1.84. The van der Waals surface area contributed by atoms with Crippen molar-refractivity contribution < 1.29 is 0 Å². The molecule has 1 aromatic rings.